The number of carbonyl (C=O) groups excluding carboxylic acids is 1. The maximum atomic E-state index is 11.9. The van der Waals surface area contributed by atoms with Crippen molar-refractivity contribution in [2.75, 3.05) is 20.3 Å². The van der Waals surface area contributed by atoms with Crippen LogP contribution in [-0.4, -0.2) is 42.0 Å². The first-order valence-corrected chi connectivity index (χ1v) is 6.17. The third-order valence-electron chi connectivity index (χ3n) is 2.73. The third kappa shape index (κ3) is 4.38. The Bertz CT molecular complexity index is 446. The Labute approximate surface area is 117 Å². The molecule has 1 aromatic rings. The van der Waals surface area contributed by atoms with Crippen molar-refractivity contribution in [3.05, 3.63) is 28.8 Å². The molecule has 0 spiro atoms. The van der Waals surface area contributed by atoms with E-state index in [1.807, 2.05) is 0 Å². The van der Waals surface area contributed by atoms with E-state index in [1.165, 1.54) is 7.11 Å². The Balaban J connectivity index is 2.79. The minimum Gasteiger partial charge on any atom is -0.496 e. The molecule has 1 aromatic carbocycles. The second-order valence-corrected chi connectivity index (χ2v) is 4.99. The number of carbonyl (C=O) groups is 1. The maximum absolute atomic E-state index is 11.9. The van der Waals surface area contributed by atoms with Gasteiger partial charge in [-0.15, -0.1) is 0 Å². The number of nitrogens with one attached hydrogen (secondary N) is 1. The van der Waals surface area contributed by atoms with Gasteiger partial charge in [0.15, 0.2) is 0 Å². The summed E-state index contributed by atoms with van der Waals surface area (Å²) < 4.78 is 5.15. The summed E-state index contributed by atoms with van der Waals surface area (Å²) in [4.78, 5) is 11.9. The van der Waals surface area contributed by atoms with Crippen LogP contribution in [-0.2, 0) is 11.2 Å². The Kier molecular flexibility index (Phi) is 5.60. The van der Waals surface area contributed by atoms with Gasteiger partial charge in [-0.05, 0) is 25.1 Å². The second-order valence-electron chi connectivity index (χ2n) is 4.56. The van der Waals surface area contributed by atoms with E-state index >= 15 is 0 Å². The molecule has 0 unspecified atom stereocenters. The van der Waals surface area contributed by atoms with Gasteiger partial charge in [-0.2, -0.15) is 0 Å². The molecule has 1 rings (SSSR count). The lowest BCUT2D eigenvalue weighted by Crippen LogP contribution is -2.52. The normalized spacial score (nSPS) is 11.2. The average Bonchev–Trinajstić information content (AvgIpc) is 2.38. The predicted octanol–water partition coefficient (Wildman–Crippen LogP) is 0.751. The van der Waals surface area contributed by atoms with E-state index in [1.54, 1.807) is 25.1 Å². The molecule has 1 amide bonds. The molecule has 0 aliphatic rings. The van der Waals surface area contributed by atoms with E-state index in [0.717, 1.165) is 0 Å². The van der Waals surface area contributed by atoms with Crippen LogP contribution >= 0.6 is 11.6 Å². The van der Waals surface area contributed by atoms with Crippen molar-refractivity contribution in [3.8, 4) is 5.75 Å². The van der Waals surface area contributed by atoms with E-state index in [4.69, 9.17) is 26.6 Å². The van der Waals surface area contributed by atoms with Crippen LogP contribution in [0.2, 0.25) is 5.02 Å². The van der Waals surface area contributed by atoms with Gasteiger partial charge < -0.3 is 20.3 Å². The monoisotopic (exact) mass is 287 g/mol. The van der Waals surface area contributed by atoms with Gasteiger partial charge >= 0.3 is 0 Å². The van der Waals surface area contributed by atoms with Crippen molar-refractivity contribution in [2.45, 2.75) is 18.9 Å². The van der Waals surface area contributed by atoms with Crippen LogP contribution in [0.4, 0.5) is 0 Å². The molecule has 3 N–H and O–H groups in total. The molecule has 0 saturated carbocycles. The summed E-state index contributed by atoms with van der Waals surface area (Å²) >= 11 is 5.88. The number of aliphatic hydroxyl groups is 2. The number of hydrogen-bond acceptors (Lipinski definition) is 4. The molecule has 106 valence electrons. The van der Waals surface area contributed by atoms with Crippen molar-refractivity contribution in [3.63, 3.8) is 0 Å². The van der Waals surface area contributed by atoms with Gasteiger partial charge in [0.1, 0.15) is 5.75 Å². The maximum Gasteiger partial charge on any atom is 0.225 e. The highest BCUT2D eigenvalue weighted by molar-refractivity contribution is 6.30. The lowest BCUT2D eigenvalue weighted by atomic mass is 10.0. The lowest BCUT2D eigenvalue weighted by molar-refractivity contribution is -0.123. The standard InChI is InChI=1S/C13H18ClNO4/c1-13(7-16,8-17)15-12(18)6-9-5-10(14)3-4-11(9)19-2/h3-5,16-17H,6-8H2,1-2H3,(H,15,18). The number of rotatable bonds is 6. The largest absolute Gasteiger partial charge is 0.496 e. The van der Waals surface area contributed by atoms with Crippen LogP contribution in [0.3, 0.4) is 0 Å². The summed E-state index contributed by atoms with van der Waals surface area (Å²) in [7, 11) is 1.51. The van der Waals surface area contributed by atoms with E-state index in [-0.39, 0.29) is 25.5 Å². The number of amides is 1. The lowest BCUT2D eigenvalue weighted by Gasteiger charge is -2.26. The first-order valence-electron chi connectivity index (χ1n) is 5.79. The quantitative estimate of drug-likeness (QED) is 0.721. The van der Waals surface area contributed by atoms with Crippen LogP contribution in [0.15, 0.2) is 18.2 Å². The van der Waals surface area contributed by atoms with Crippen LogP contribution in [0, 0.1) is 0 Å². The number of hydrogen-bond donors (Lipinski definition) is 3. The minimum atomic E-state index is -1.04. The number of benzene rings is 1. The van der Waals surface area contributed by atoms with Crippen molar-refractivity contribution in [1.82, 2.24) is 5.32 Å². The van der Waals surface area contributed by atoms with Crippen LogP contribution in [0.1, 0.15) is 12.5 Å². The molecule has 0 saturated heterocycles. The average molecular weight is 288 g/mol. The van der Waals surface area contributed by atoms with Gasteiger partial charge in [0.25, 0.3) is 0 Å². The van der Waals surface area contributed by atoms with E-state index in [2.05, 4.69) is 5.32 Å². The van der Waals surface area contributed by atoms with Gasteiger partial charge in [-0.25, -0.2) is 0 Å². The molecule has 0 atom stereocenters. The third-order valence-corrected chi connectivity index (χ3v) is 2.97. The van der Waals surface area contributed by atoms with Gasteiger partial charge in [0, 0.05) is 10.6 Å². The second kappa shape index (κ2) is 6.75. The van der Waals surface area contributed by atoms with Crippen LogP contribution in [0.25, 0.3) is 0 Å². The Morgan fingerprint density at radius 2 is 2.05 bits per heavy atom. The van der Waals surface area contributed by atoms with Crippen molar-refractivity contribution < 1.29 is 19.7 Å². The van der Waals surface area contributed by atoms with Gasteiger partial charge in [0.05, 0.1) is 32.3 Å². The van der Waals surface area contributed by atoms with E-state index in [9.17, 15) is 4.79 Å². The zero-order valence-corrected chi connectivity index (χ0v) is 11.7. The van der Waals surface area contributed by atoms with Crippen LogP contribution in [0.5, 0.6) is 5.75 Å². The summed E-state index contributed by atoms with van der Waals surface area (Å²) in [6.07, 6.45) is 0.0549. The molecule has 0 heterocycles. The molecule has 6 heteroatoms. The highest BCUT2D eigenvalue weighted by atomic mass is 35.5. The molecule has 0 fully saturated rings. The Morgan fingerprint density at radius 3 is 2.58 bits per heavy atom. The van der Waals surface area contributed by atoms with Crippen molar-refractivity contribution >= 4 is 17.5 Å². The SMILES string of the molecule is COc1ccc(Cl)cc1CC(=O)NC(C)(CO)CO. The summed E-state index contributed by atoms with van der Waals surface area (Å²) in [6.45, 7) is 0.865. The van der Waals surface area contributed by atoms with E-state index in [0.29, 0.717) is 16.3 Å². The highest BCUT2D eigenvalue weighted by Crippen LogP contribution is 2.23. The number of halogens is 1. The zero-order valence-electron chi connectivity index (χ0n) is 10.9. The number of aliphatic hydroxyl groups excluding tert-OH is 2. The summed E-state index contributed by atoms with van der Waals surface area (Å²) in [6, 6.07) is 5.00. The predicted molar refractivity (Wildman–Crippen MR) is 72.4 cm³/mol. The minimum absolute atomic E-state index is 0.0549. The first-order chi connectivity index (χ1) is 8.94. The molecule has 19 heavy (non-hydrogen) atoms. The smallest absolute Gasteiger partial charge is 0.225 e. The fourth-order valence-corrected chi connectivity index (χ4v) is 1.76. The molecule has 0 aromatic heterocycles. The zero-order chi connectivity index (χ0) is 14.5. The van der Waals surface area contributed by atoms with Crippen molar-refractivity contribution in [2.24, 2.45) is 0 Å². The van der Waals surface area contributed by atoms with Gasteiger partial charge in [-0.1, -0.05) is 11.6 Å². The molecule has 5 nitrogen and oxygen atoms in total. The molecule has 0 aliphatic carbocycles. The highest BCUT2D eigenvalue weighted by Gasteiger charge is 2.24. The molecule has 0 bridgehead atoms. The Hall–Kier alpha value is -1.30. The molecular formula is C13H18ClNO4. The Morgan fingerprint density at radius 1 is 1.42 bits per heavy atom. The summed E-state index contributed by atoms with van der Waals surface area (Å²) in [5.41, 5.74) is -0.395. The summed E-state index contributed by atoms with van der Waals surface area (Å²) in [5, 5.41) is 21.3. The number of ether oxygens (including phenoxy) is 1. The topological polar surface area (TPSA) is 78.8 Å². The molecular weight excluding hydrogens is 270 g/mol. The molecule has 0 radical (unpaired) electrons. The van der Waals surface area contributed by atoms with Gasteiger partial charge in [-0.3, -0.25) is 4.79 Å². The van der Waals surface area contributed by atoms with Gasteiger partial charge in [0.2, 0.25) is 5.91 Å². The first kappa shape index (κ1) is 15.8. The van der Waals surface area contributed by atoms with Crippen molar-refractivity contribution in [1.29, 1.82) is 0 Å². The fraction of sp³-hybridized carbons (Fsp3) is 0.462. The number of methoxy groups -OCH3 is 1. The van der Waals surface area contributed by atoms with Crippen LogP contribution < -0.4 is 10.1 Å². The molecule has 0 aliphatic heterocycles. The summed E-state index contributed by atoms with van der Waals surface area (Å²) in [5.74, 6) is 0.236. The van der Waals surface area contributed by atoms with E-state index < -0.39 is 5.54 Å². The fourth-order valence-electron chi connectivity index (χ4n) is 1.57.